The highest BCUT2D eigenvalue weighted by Gasteiger charge is 2.57. The Kier molecular flexibility index (Phi) is 6.56. The van der Waals surface area contributed by atoms with Crippen molar-refractivity contribution in [3.05, 3.63) is 23.3 Å². The van der Waals surface area contributed by atoms with E-state index in [-0.39, 0.29) is 5.41 Å². The van der Waals surface area contributed by atoms with Gasteiger partial charge in [0.2, 0.25) is 0 Å². The van der Waals surface area contributed by atoms with Crippen LogP contribution >= 0.6 is 0 Å². The van der Waals surface area contributed by atoms with Crippen LogP contribution in [-0.4, -0.2) is 21.9 Å². The van der Waals surface area contributed by atoms with Crippen molar-refractivity contribution in [1.29, 1.82) is 0 Å². The average Bonchev–Trinajstić information content (AvgIpc) is 3.36. The summed E-state index contributed by atoms with van der Waals surface area (Å²) < 4.78 is 0. The lowest BCUT2D eigenvalue weighted by Gasteiger charge is -2.46. The van der Waals surface area contributed by atoms with Crippen LogP contribution in [0.1, 0.15) is 106 Å². The third-order valence-corrected chi connectivity index (χ3v) is 11.7. The normalized spacial score (nSPS) is 44.0. The van der Waals surface area contributed by atoms with E-state index in [1.807, 2.05) is 0 Å². The van der Waals surface area contributed by atoms with Crippen LogP contribution in [-0.2, 0) is 0 Å². The summed E-state index contributed by atoms with van der Waals surface area (Å²) in [7, 11) is 0. The maximum atomic E-state index is 11.5. The number of allylic oxidation sites excluding steroid dienone is 3. The maximum absolute atomic E-state index is 11.5. The van der Waals surface area contributed by atoms with Crippen LogP contribution in [0.5, 0.6) is 0 Å². The molecule has 32 heavy (non-hydrogen) atoms. The number of hydrogen-bond acceptors (Lipinski definition) is 2. The van der Waals surface area contributed by atoms with Gasteiger partial charge in [0.15, 0.2) is 0 Å². The molecule has 0 aromatic heterocycles. The Bertz CT molecular complexity index is 745. The highest BCUT2D eigenvalue weighted by molar-refractivity contribution is 5.21. The second kappa shape index (κ2) is 8.56. The fourth-order valence-electron chi connectivity index (χ4n) is 8.27. The monoisotopic (exact) mass is 442 g/mol. The van der Waals surface area contributed by atoms with Crippen LogP contribution in [0.2, 0.25) is 0 Å². The number of rotatable bonds is 6. The first-order valence-corrected chi connectivity index (χ1v) is 13.7. The van der Waals surface area contributed by atoms with E-state index in [0.717, 1.165) is 80.1 Å². The molecule has 0 amide bonds. The minimum Gasteiger partial charge on any atom is -0.387 e. The van der Waals surface area contributed by atoms with Crippen LogP contribution in [0.4, 0.5) is 0 Å². The molecule has 0 aromatic rings. The van der Waals surface area contributed by atoms with Crippen LogP contribution in [0, 0.1) is 46.3 Å². The first-order chi connectivity index (χ1) is 14.9. The molecule has 4 rings (SSSR count). The molecule has 6 atom stereocenters. The fraction of sp³-hybridized carbons (Fsp3) is 0.867. The standard InChI is InChI=1S/C30H50O2/c1-8-21(10-12-23-11-9-19(2)28(23,4)5)27(31)30(32)15-13-22(14-16-30)26-18-24-17-25(26)20(3)29(24,6)7/h9-10,20,22-27,31-32H,8,11-18H2,1-7H3. The van der Waals surface area contributed by atoms with Gasteiger partial charge in [0, 0.05) is 0 Å². The van der Waals surface area contributed by atoms with E-state index in [4.69, 9.17) is 0 Å². The highest BCUT2D eigenvalue weighted by atomic mass is 16.3. The van der Waals surface area contributed by atoms with E-state index >= 15 is 0 Å². The van der Waals surface area contributed by atoms with Crippen molar-refractivity contribution >= 4 is 0 Å². The Labute approximate surface area is 198 Å². The van der Waals surface area contributed by atoms with Gasteiger partial charge in [0.25, 0.3) is 0 Å². The van der Waals surface area contributed by atoms with Crippen molar-refractivity contribution in [2.45, 2.75) is 118 Å². The van der Waals surface area contributed by atoms with E-state index < -0.39 is 11.7 Å². The van der Waals surface area contributed by atoms with Crippen LogP contribution < -0.4 is 0 Å². The number of aliphatic hydroxyl groups is 2. The van der Waals surface area contributed by atoms with E-state index in [2.05, 4.69) is 60.6 Å². The van der Waals surface area contributed by atoms with E-state index in [9.17, 15) is 10.2 Å². The molecule has 0 heterocycles. The SMILES string of the molecule is CCC(=CCC1CC=C(C)C1(C)C)C(O)C1(O)CCC(C2CC3CC2C(C)C3(C)C)CC1. The topological polar surface area (TPSA) is 40.5 Å². The molecule has 0 radical (unpaired) electrons. The van der Waals surface area contributed by atoms with Crippen molar-refractivity contribution in [1.82, 2.24) is 0 Å². The summed E-state index contributed by atoms with van der Waals surface area (Å²) in [5.41, 5.74) is 2.36. The Balaban J connectivity index is 1.36. The lowest BCUT2D eigenvalue weighted by Crippen LogP contribution is -2.47. The minimum atomic E-state index is -0.930. The predicted octanol–water partition coefficient (Wildman–Crippen LogP) is 7.31. The second-order valence-electron chi connectivity index (χ2n) is 13.4. The van der Waals surface area contributed by atoms with Gasteiger partial charge in [0.1, 0.15) is 6.10 Å². The van der Waals surface area contributed by atoms with Gasteiger partial charge in [-0.05, 0) is 117 Å². The molecule has 2 nitrogen and oxygen atoms in total. The molecule has 0 aliphatic heterocycles. The fourth-order valence-corrected chi connectivity index (χ4v) is 8.27. The van der Waals surface area contributed by atoms with Crippen LogP contribution in [0.3, 0.4) is 0 Å². The number of fused-ring (bicyclic) bond motifs is 2. The van der Waals surface area contributed by atoms with Crippen molar-refractivity contribution in [3.63, 3.8) is 0 Å². The van der Waals surface area contributed by atoms with Crippen LogP contribution in [0.15, 0.2) is 23.3 Å². The van der Waals surface area contributed by atoms with Gasteiger partial charge in [-0.1, -0.05) is 59.3 Å². The van der Waals surface area contributed by atoms with E-state index in [1.165, 1.54) is 18.4 Å². The summed E-state index contributed by atoms with van der Waals surface area (Å²) in [4.78, 5) is 0. The molecule has 0 spiro atoms. The molecular weight excluding hydrogens is 392 g/mol. The number of hydrogen-bond donors (Lipinski definition) is 2. The van der Waals surface area contributed by atoms with Gasteiger partial charge in [-0.2, -0.15) is 0 Å². The molecule has 2 bridgehead atoms. The second-order valence-corrected chi connectivity index (χ2v) is 13.4. The largest absolute Gasteiger partial charge is 0.387 e. The van der Waals surface area contributed by atoms with E-state index in [1.54, 1.807) is 0 Å². The molecule has 0 saturated heterocycles. The lowest BCUT2D eigenvalue weighted by atomic mass is 9.60. The summed E-state index contributed by atoms with van der Waals surface area (Å²) in [5.74, 6) is 4.81. The molecular formula is C30H50O2. The summed E-state index contributed by atoms with van der Waals surface area (Å²) in [5, 5.41) is 22.8. The Morgan fingerprint density at radius 1 is 1.12 bits per heavy atom. The zero-order chi connectivity index (χ0) is 23.5. The van der Waals surface area contributed by atoms with Gasteiger partial charge < -0.3 is 10.2 Å². The molecule has 182 valence electrons. The molecule has 6 unspecified atom stereocenters. The third kappa shape index (κ3) is 3.96. The zero-order valence-corrected chi connectivity index (χ0v) is 22.0. The smallest absolute Gasteiger partial charge is 0.104 e. The predicted molar refractivity (Wildman–Crippen MR) is 134 cm³/mol. The molecule has 3 fully saturated rings. The van der Waals surface area contributed by atoms with Gasteiger partial charge in [-0.25, -0.2) is 0 Å². The van der Waals surface area contributed by atoms with Gasteiger partial charge in [-0.3, -0.25) is 0 Å². The molecule has 2 N–H and O–H groups in total. The minimum absolute atomic E-state index is 0.238. The molecule has 2 heteroatoms. The van der Waals surface area contributed by atoms with Crippen molar-refractivity contribution < 1.29 is 10.2 Å². The number of aliphatic hydroxyl groups excluding tert-OH is 1. The zero-order valence-electron chi connectivity index (χ0n) is 22.0. The quantitative estimate of drug-likeness (QED) is 0.423. The summed E-state index contributed by atoms with van der Waals surface area (Å²) in [6.45, 7) is 16.5. The Morgan fingerprint density at radius 3 is 2.25 bits per heavy atom. The van der Waals surface area contributed by atoms with Crippen molar-refractivity contribution in [3.8, 4) is 0 Å². The van der Waals surface area contributed by atoms with Crippen LogP contribution in [0.25, 0.3) is 0 Å². The molecule has 4 aliphatic carbocycles. The molecule has 0 aromatic carbocycles. The molecule has 4 aliphatic rings. The van der Waals surface area contributed by atoms with Gasteiger partial charge >= 0.3 is 0 Å². The Morgan fingerprint density at radius 2 is 1.75 bits per heavy atom. The van der Waals surface area contributed by atoms with Crippen molar-refractivity contribution in [2.24, 2.45) is 46.3 Å². The Hall–Kier alpha value is -0.600. The summed E-state index contributed by atoms with van der Waals surface area (Å²) in [6, 6.07) is 0. The molecule has 3 saturated carbocycles. The summed E-state index contributed by atoms with van der Waals surface area (Å²) >= 11 is 0. The average molecular weight is 443 g/mol. The highest BCUT2D eigenvalue weighted by Crippen LogP contribution is 2.64. The lowest BCUT2D eigenvalue weighted by molar-refractivity contribution is -0.0975. The van der Waals surface area contributed by atoms with Gasteiger partial charge in [0.05, 0.1) is 5.60 Å². The van der Waals surface area contributed by atoms with E-state index in [0.29, 0.717) is 11.3 Å². The first-order valence-electron chi connectivity index (χ1n) is 13.7. The third-order valence-electron chi connectivity index (χ3n) is 11.7. The first kappa shape index (κ1) is 24.5. The van der Waals surface area contributed by atoms with Gasteiger partial charge in [-0.15, -0.1) is 0 Å². The van der Waals surface area contributed by atoms with Crippen molar-refractivity contribution in [2.75, 3.05) is 0 Å². The summed E-state index contributed by atoms with van der Waals surface area (Å²) in [6.07, 6.45) is 13.4. The maximum Gasteiger partial charge on any atom is 0.104 e.